The predicted octanol–water partition coefficient (Wildman–Crippen LogP) is 6.27. The summed E-state index contributed by atoms with van der Waals surface area (Å²) < 4.78 is 53.5. The van der Waals surface area contributed by atoms with Crippen molar-refractivity contribution < 1.29 is 37.0 Å². The number of rotatable bonds is 3. The third-order valence-corrected chi connectivity index (χ3v) is 4.36. The molecule has 2 aromatic rings. The highest BCUT2D eigenvalue weighted by atomic mass is 35.5. The fraction of sp³-hybridized carbons (Fsp3) is 0.348. The van der Waals surface area contributed by atoms with Gasteiger partial charge in [-0.15, -0.1) is 0 Å². The van der Waals surface area contributed by atoms with Crippen molar-refractivity contribution in [3.05, 3.63) is 52.3 Å². The number of anilines is 3. The Morgan fingerprint density at radius 3 is 1.86 bits per heavy atom. The van der Waals surface area contributed by atoms with Crippen LogP contribution in [0.2, 0.25) is 5.02 Å². The zero-order valence-corrected chi connectivity index (χ0v) is 20.6. The third-order valence-electron chi connectivity index (χ3n) is 3.97. The molecule has 0 fully saturated rings. The van der Waals surface area contributed by atoms with Gasteiger partial charge in [0.25, 0.3) is 5.91 Å². The van der Waals surface area contributed by atoms with E-state index >= 15 is 0 Å². The summed E-state index contributed by atoms with van der Waals surface area (Å²) in [7, 11) is 0. The Labute approximate surface area is 205 Å². The minimum Gasteiger partial charge on any atom is -0.443 e. The number of nitrogens with two attached hydrogens (primary N) is 1. The van der Waals surface area contributed by atoms with Crippen LogP contribution in [-0.2, 0) is 9.47 Å². The fourth-order valence-corrected chi connectivity index (χ4v) is 2.85. The maximum Gasteiger partial charge on any atom is 0.424 e. The lowest BCUT2D eigenvalue weighted by molar-refractivity contribution is 0.0428. The molecule has 0 saturated carbocycles. The van der Waals surface area contributed by atoms with Crippen LogP contribution < -0.4 is 16.0 Å². The fourth-order valence-electron chi connectivity index (χ4n) is 2.66. The first kappa shape index (κ1) is 27.8. The average Bonchev–Trinajstić information content (AvgIpc) is 2.65. The molecule has 0 unspecified atom stereocenters. The van der Waals surface area contributed by atoms with Crippen LogP contribution in [0.25, 0.3) is 0 Å². The number of nitrogens with one attached hydrogen (secondary N) is 1. The molecule has 0 heterocycles. The molecule has 0 saturated heterocycles. The number of carbonyl (C=O) groups is 3. The Kier molecular flexibility index (Phi) is 7.96. The van der Waals surface area contributed by atoms with Gasteiger partial charge in [0.05, 0.1) is 22.0 Å². The number of hydrogen-bond acceptors (Lipinski definition) is 6. The largest absolute Gasteiger partial charge is 0.443 e. The number of carbonyl (C=O) groups excluding carboxylic acids is 3. The molecule has 3 amide bonds. The molecule has 0 aliphatic heterocycles. The normalized spacial score (nSPS) is 11.6. The maximum absolute atomic E-state index is 14.8. The van der Waals surface area contributed by atoms with Crippen molar-refractivity contribution in [3.8, 4) is 0 Å². The standard InChI is InChI=1S/C23H25ClF3N3O5/c1-22(2,3)34-20(32)30(21(33)35-23(4,5)6)17-10-16(13(25)9-14(17)26)29-19(31)12-7-11(28)8-15(27)18(12)24/h7-10H,28H2,1-6H3,(H,29,31). The second kappa shape index (κ2) is 10.0. The summed E-state index contributed by atoms with van der Waals surface area (Å²) in [5, 5.41) is 1.52. The van der Waals surface area contributed by atoms with Crippen molar-refractivity contribution in [3.63, 3.8) is 0 Å². The predicted molar refractivity (Wildman–Crippen MR) is 125 cm³/mol. The number of hydrogen-bond donors (Lipinski definition) is 2. The molecule has 0 atom stereocenters. The molecule has 0 aliphatic rings. The Bertz CT molecular complexity index is 1150. The van der Waals surface area contributed by atoms with Gasteiger partial charge in [0.2, 0.25) is 0 Å². The lowest BCUT2D eigenvalue weighted by Gasteiger charge is -2.29. The van der Waals surface area contributed by atoms with E-state index in [-0.39, 0.29) is 10.6 Å². The highest BCUT2D eigenvalue weighted by Gasteiger charge is 2.35. The summed E-state index contributed by atoms with van der Waals surface area (Å²) in [6, 6.07) is 2.97. The number of ether oxygens (including phenoxy) is 2. The van der Waals surface area contributed by atoms with Crippen molar-refractivity contribution in [1.82, 2.24) is 0 Å². The summed E-state index contributed by atoms with van der Waals surface area (Å²) >= 11 is 5.80. The van der Waals surface area contributed by atoms with Crippen LogP contribution in [0.4, 0.5) is 39.8 Å². The maximum atomic E-state index is 14.8. The van der Waals surface area contributed by atoms with Crippen LogP contribution in [0.1, 0.15) is 51.9 Å². The van der Waals surface area contributed by atoms with Gasteiger partial charge in [-0.25, -0.2) is 22.8 Å². The first-order valence-electron chi connectivity index (χ1n) is 10.2. The minimum atomic E-state index is -1.33. The van der Waals surface area contributed by atoms with E-state index in [1.165, 1.54) is 41.5 Å². The highest BCUT2D eigenvalue weighted by Crippen LogP contribution is 2.31. The van der Waals surface area contributed by atoms with Gasteiger partial charge in [-0.2, -0.15) is 4.90 Å². The van der Waals surface area contributed by atoms with Gasteiger partial charge >= 0.3 is 12.2 Å². The molecule has 0 bridgehead atoms. The third kappa shape index (κ3) is 7.25. The SMILES string of the molecule is CC(C)(C)OC(=O)N(C(=O)OC(C)(C)C)c1cc(NC(=O)c2cc(N)cc(F)c2Cl)c(F)cc1F. The van der Waals surface area contributed by atoms with Gasteiger partial charge in [-0.3, -0.25) is 4.79 Å². The molecule has 3 N–H and O–H groups in total. The monoisotopic (exact) mass is 515 g/mol. The summed E-state index contributed by atoms with van der Waals surface area (Å²) in [5.41, 5.74) is 1.39. The second-order valence-corrected chi connectivity index (χ2v) is 9.78. The van der Waals surface area contributed by atoms with Crippen LogP contribution in [0.5, 0.6) is 0 Å². The first-order chi connectivity index (χ1) is 15.9. The molecular formula is C23H25ClF3N3O5. The lowest BCUT2D eigenvalue weighted by atomic mass is 10.1. The van der Waals surface area contributed by atoms with Crippen LogP contribution in [-0.4, -0.2) is 29.3 Å². The molecule has 0 spiro atoms. The van der Waals surface area contributed by atoms with Gasteiger partial charge in [0.1, 0.15) is 22.8 Å². The van der Waals surface area contributed by atoms with Gasteiger partial charge in [0.15, 0.2) is 5.82 Å². The number of nitrogens with zero attached hydrogens (tertiary/aromatic N) is 1. The van der Waals surface area contributed by atoms with Crippen molar-refractivity contribution in [2.45, 2.75) is 52.7 Å². The molecule has 190 valence electrons. The van der Waals surface area contributed by atoms with E-state index in [2.05, 4.69) is 5.32 Å². The minimum absolute atomic E-state index is 0.127. The Morgan fingerprint density at radius 2 is 1.37 bits per heavy atom. The quantitative estimate of drug-likeness (QED) is 0.466. The molecule has 0 aromatic heterocycles. The van der Waals surface area contributed by atoms with Crippen molar-refractivity contribution >= 4 is 46.8 Å². The summed E-state index contributed by atoms with van der Waals surface area (Å²) in [6.45, 7) is 9.08. The van der Waals surface area contributed by atoms with Crippen LogP contribution in [0, 0.1) is 17.5 Å². The summed E-state index contributed by atoms with van der Waals surface area (Å²) in [5.74, 6) is -4.66. The van der Waals surface area contributed by atoms with Crippen LogP contribution in [0.15, 0.2) is 24.3 Å². The topological polar surface area (TPSA) is 111 Å². The van der Waals surface area contributed by atoms with E-state index in [1.807, 2.05) is 0 Å². The van der Waals surface area contributed by atoms with Crippen molar-refractivity contribution in [1.29, 1.82) is 0 Å². The average molecular weight is 516 g/mol. The number of imide groups is 1. The van der Waals surface area contributed by atoms with E-state index in [9.17, 15) is 27.6 Å². The van der Waals surface area contributed by atoms with Gasteiger partial charge in [0, 0.05) is 11.8 Å². The van der Waals surface area contributed by atoms with Crippen molar-refractivity contribution in [2.24, 2.45) is 0 Å². The molecular weight excluding hydrogens is 491 g/mol. The number of halogens is 4. The lowest BCUT2D eigenvalue weighted by Crippen LogP contribution is -2.44. The van der Waals surface area contributed by atoms with E-state index in [1.54, 1.807) is 0 Å². The van der Waals surface area contributed by atoms with Gasteiger partial charge in [-0.05, 0) is 59.7 Å². The highest BCUT2D eigenvalue weighted by molar-refractivity contribution is 6.34. The van der Waals surface area contributed by atoms with Gasteiger partial charge in [-0.1, -0.05) is 11.6 Å². The molecule has 0 aliphatic carbocycles. The molecule has 12 heteroatoms. The number of amides is 3. The smallest absolute Gasteiger partial charge is 0.424 e. The van der Waals surface area contributed by atoms with E-state index < -0.39 is 68.7 Å². The summed E-state index contributed by atoms with van der Waals surface area (Å²) in [4.78, 5) is 38.4. The Balaban J connectivity index is 2.55. The zero-order valence-electron chi connectivity index (χ0n) is 19.9. The first-order valence-corrected chi connectivity index (χ1v) is 10.6. The van der Waals surface area contributed by atoms with Crippen LogP contribution >= 0.6 is 11.6 Å². The molecule has 0 radical (unpaired) electrons. The van der Waals surface area contributed by atoms with E-state index in [0.29, 0.717) is 12.1 Å². The number of nitrogen functional groups attached to an aromatic ring is 1. The van der Waals surface area contributed by atoms with E-state index in [0.717, 1.165) is 12.1 Å². The Hall–Kier alpha value is -3.47. The van der Waals surface area contributed by atoms with Gasteiger partial charge < -0.3 is 20.5 Å². The zero-order chi connectivity index (χ0) is 26.9. The molecule has 2 rings (SSSR count). The van der Waals surface area contributed by atoms with Crippen LogP contribution in [0.3, 0.4) is 0 Å². The second-order valence-electron chi connectivity index (χ2n) is 9.40. The molecule has 35 heavy (non-hydrogen) atoms. The molecule has 2 aromatic carbocycles. The number of benzene rings is 2. The summed E-state index contributed by atoms with van der Waals surface area (Å²) in [6.07, 6.45) is -2.62. The van der Waals surface area contributed by atoms with Crippen molar-refractivity contribution in [2.75, 3.05) is 16.0 Å². The Morgan fingerprint density at radius 1 is 0.857 bits per heavy atom. The molecule has 8 nitrogen and oxygen atoms in total. The van der Waals surface area contributed by atoms with E-state index in [4.69, 9.17) is 26.8 Å².